The first kappa shape index (κ1) is 11.7. The molecule has 80 valence electrons. The zero-order chi connectivity index (χ0) is 11.1. The smallest absolute Gasteiger partial charge is 0.369 e. The summed E-state index contributed by atoms with van der Waals surface area (Å²) in [5.74, 6) is 5.36. The summed E-state index contributed by atoms with van der Waals surface area (Å²) in [7, 11) is 0. The van der Waals surface area contributed by atoms with Crippen LogP contribution in [0.15, 0.2) is 0 Å². The summed E-state index contributed by atoms with van der Waals surface area (Å²) >= 11 is 1.16. The topological polar surface area (TPSA) is 52.1 Å². The molecule has 0 aliphatic rings. The van der Waals surface area contributed by atoms with Crippen LogP contribution in [0.4, 0.5) is 0 Å². The van der Waals surface area contributed by atoms with Crippen LogP contribution in [0.5, 0.6) is 0 Å². The Hall–Kier alpha value is -1.41. The van der Waals surface area contributed by atoms with Gasteiger partial charge in [-0.1, -0.05) is 24.2 Å². The second-order valence-electron chi connectivity index (χ2n) is 2.68. The lowest BCUT2D eigenvalue weighted by molar-refractivity contribution is 0.0525. The molecule has 4 nitrogen and oxygen atoms in total. The van der Waals surface area contributed by atoms with Gasteiger partial charge in [0.15, 0.2) is 5.01 Å². The minimum Gasteiger partial charge on any atom is -0.461 e. The standard InChI is InChI=1S/C10H12N2O2S/c1-3-5-6-7-8-11-12-9(15-8)10(13)14-4-2/h3-5H2,1-2H3. The molecule has 0 atom stereocenters. The van der Waals surface area contributed by atoms with Gasteiger partial charge in [0.2, 0.25) is 5.01 Å². The first-order valence-electron chi connectivity index (χ1n) is 4.77. The van der Waals surface area contributed by atoms with Crippen LogP contribution in [0.2, 0.25) is 0 Å². The van der Waals surface area contributed by atoms with Gasteiger partial charge in [0.25, 0.3) is 0 Å². The largest absolute Gasteiger partial charge is 0.461 e. The molecule has 1 aromatic rings. The minimum atomic E-state index is -0.432. The van der Waals surface area contributed by atoms with E-state index < -0.39 is 5.97 Å². The minimum absolute atomic E-state index is 0.262. The maximum absolute atomic E-state index is 11.2. The molecule has 0 saturated heterocycles. The van der Waals surface area contributed by atoms with Crippen LogP contribution < -0.4 is 0 Å². The van der Waals surface area contributed by atoms with Crippen LogP contribution in [-0.4, -0.2) is 22.8 Å². The average molecular weight is 224 g/mol. The van der Waals surface area contributed by atoms with E-state index in [0.717, 1.165) is 24.2 Å². The third-order valence-corrected chi connectivity index (χ3v) is 2.26. The Morgan fingerprint density at radius 2 is 2.27 bits per heavy atom. The van der Waals surface area contributed by atoms with Gasteiger partial charge >= 0.3 is 5.97 Å². The lowest BCUT2D eigenvalue weighted by Gasteiger charge is -1.93. The summed E-state index contributed by atoms with van der Waals surface area (Å²) in [6, 6.07) is 0. The molecule has 1 rings (SSSR count). The van der Waals surface area contributed by atoms with Gasteiger partial charge in [-0.2, -0.15) is 0 Å². The fraction of sp³-hybridized carbons (Fsp3) is 0.500. The number of ether oxygens (including phenoxy) is 1. The molecule has 0 radical (unpaired) electrons. The van der Waals surface area contributed by atoms with Crippen molar-refractivity contribution in [2.45, 2.75) is 26.7 Å². The van der Waals surface area contributed by atoms with Crippen molar-refractivity contribution in [1.29, 1.82) is 0 Å². The third-order valence-electron chi connectivity index (χ3n) is 1.45. The van der Waals surface area contributed by atoms with Crippen LogP contribution in [0.1, 0.15) is 41.5 Å². The zero-order valence-corrected chi connectivity index (χ0v) is 9.56. The summed E-state index contributed by atoms with van der Waals surface area (Å²) in [6.07, 6.45) is 1.84. The van der Waals surface area contributed by atoms with Crippen molar-refractivity contribution in [2.24, 2.45) is 0 Å². The molecule has 1 aromatic heterocycles. The highest BCUT2D eigenvalue weighted by molar-refractivity contribution is 7.13. The van der Waals surface area contributed by atoms with Crippen molar-refractivity contribution in [1.82, 2.24) is 10.2 Å². The summed E-state index contributed by atoms with van der Waals surface area (Å²) in [4.78, 5) is 11.2. The predicted molar refractivity (Wildman–Crippen MR) is 57.7 cm³/mol. The van der Waals surface area contributed by atoms with Crippen LogP contribution in [0, 0.1) is 11.8 Å². The van der Waals surface area contributed by atoms with E-state index in [0.29, 0.717) is 11.6 Å². The monoisotopic (exact) mass is 224 g/mol. The molecular weight excluding hydrogens is 212 g/mol. The summed E-state index contributed by atoms with van der Waals surface area (Å²) in [6.45, 7) is 4.15. The van der Waals surface area contributed by atoms with E-state index in [-0.39, 0.29) is 5.01 Å². The second kappa shape index (κ2) is 6.14. The Bertz CT molecular complexity index is 390. The van der Waals surface area contributed by atoms with E-state index in [2.05, 4.69) is 29.0 Å². The highest BCUT2D eigenvalue weighted by Crippen LogP contribution is 2.09. The summed E-state index contributed by atoms with van der Waals surface area (Å²) < 4.78 is 4.79. The van der Waals surface area contributed by atoms with E-state index in [1.165, 1.54) is 0 Å². The van der Waals surface area contributed by atoms with E-state index in [1.807, 2.05) is 0 Å². The fourth-order valence-electron chi connectivity index (χ4n) is 0.812. The SMILES string of the molecule is CCCC#Cc1nnc(C(=O)OCC)s1. The molecule has 0 aliphatic carbocycles. The molecule has 0 spiro atoms. The molecule has 0 aromatic carbocycles. The van der Waals surface area contributed by atoms with Crippen LogP contribution in [0.25, 0.3) is 0 Å². The first-order valence-corrected chi connectivity index (χ1v) is 5.59. The molecule has 0 unspecified atom stereocenters. The van der Waals surface area contributed by atoms with E-state index in [9.17, 15) is 4.79 Å². The van der Waals surface area contributed by atoms with Crippen molar-refractivity contribution in [2.75, 3.05) is 6.61 Å². The number of nitrogens with zero attached hydrogens (tertiary/aromatic N) is 2. The van der Waals surface area contributed by atoms with Crippen LogP contribution in [0.3, 0.4) is 0 Å². The molecule has 0 fully saturated rings. The third kappa shape index (κ3) is 3.68. The normalized spacial score (nSPS) is 9.20. The van der Waals surface area contributed by atoms with Gasteiger partial charge in [0, 0.05) is 6.42 Å². The Morgan fingerprint density at radius 3 is 2.93 bits per heavy atom. The summed E-state index contributed by atoms with van der Waals surface area (Å²) in [5.41, 5.74) is 0. The lowest BCUT2D eigenvalue weighted by Crippen LogP contribution is -2.03. The van der Waals surface area contributed by atoms with E-state index in [1.54, 1.807) is 6.92 Å². The maximum Gasteiger partial charge on any atom is 0.369 e. The number of esters is 1. The van der Waals surface area contributed by atoms with E-state index >= 15 is 0 Å². The molecule has 0 amide bonds. The second-order valence-corrected chi connectivity index (χ2v) is 3.66. The molecule has 0 N–H and O–H groups in total. The molecular formula is C10H12N2O2S. The van der Waals surface area contributed by atoms with Gasteiger partial charge in [-0.25, -0.2) is 4.79 Å². The highest BCUT2D eigenvalue weighted by atomic mass is 32.1. The Balaban J connectivity index is 2.65. The van der Waals surface area contributed by atoms with Gasteiger partial charge in [-0.3, -0.25) is 0 Å². The number of carbonyl (C=O) groups excluding carboxylic acids is 1. The van der Waals surface area contributed by atoms with Crippen molar-refractivity contribution in [3.05, 3.63) is 10.0 Å². The van der Waals surface area contributed by atoms with Gasteiger partial charge in [-0.15, -0.1) is 10.2 Å². The van der Waals surface area contributed by atoms with Gasteiger partial charge in [-0.05, 0) is 19.3 Å². The Labute approximate surface area is 92.7 Å². The zero-order valence-electron chi connectivity index (χ0n) is 8.74. The van der Waals surface area contributed by atoms with Crippen molar-refractivity contribution in [3.63, 3.8) is 0 Å². The van der Waals surface area contributed by atoms with Gasteiger partial charge in [0.1, 0.15) is 0 Å². The van der Waals surface area contributed by atoms with Gasteiger partial charge < -0.3 is 4.74 Å². The average Bonchev–Trinajstić information content (AvgIpc) is 2.67. The number of unbranched alkanes of at least 4 members (excludes halogenated alkanes) is 1. The molecule has 5 heteroatoms. The lowest BCUT2D eigenvalue weighted by atomic mass is 10.3. The van der Waals surface area contributed by atoms with Crippen LogP contribution >= 0.6 is 11.3 Å². The molecule has 0 saturated carbocycles. The Morgan fingerprint density at radius 1 is 1.47 bits per heavy atom. The number of carbonyl (C=O) groups is 1. The number of rotatable bonds is 3. The summed E-state index contributed by atoms with van der Waals surface area (Å²) in [5, 5.41) is 8.31. The fourth-order valence-corrected chi connectivity index (χ4v) is 1.42. The van der Waals surface area contributed by atoms with E-state index in [4.69, 9.17) is 4.74 Å². The number of hydrogen-bond donors (Lipinski definition) is 0. The number of aromatic nitrogens is 2. The van der Waals surface area contributed by atoms with Crippen LogP contribution in [-0.2, 0) is 4.74 Å². The molecule has 0 bridgehead atoms. The van der Waals surface area contributed by atoms with Gasteiger partial charge in [0.05, 0.1) is 6.61 Å². The van der Waals surface area contributed by atoms with Crippen molar-refractivity contribution < 1.29 is 9.53 Å². The Kier molecular flexibility index (Phi) is 4.78. The molecule has 1 heterocycles. The quantitative estimate of drug-likeness (QED) is 0.581. The maximum atomic E-state index is 11.2. The number of hydrogen-bond acceptors (Lipinski definition) is 5. The molecule has 0 aliphatic heterocycles. The first-order chi connectivity index (χ1) is 7.27. The van der Waals surface area contributed by atoms with Crippen molar-refractivity contribution >= 4 is 17.3 Å². The van der Waals surface area contributed by atoms with Crippen molar-refractivity contribution in [3.8, 4) is 11.8 Å². The molecule has 15 heavy (non-hydrogen) atoms. The highest BCUT2D eigenvalue weighted by Gasteiger charge is 2.12. The predicted octanol–water partition coefficient (Wildman–Crippen LogP) is 1.87.